The van der Waals surface area contributed by atoms with Crippen LogP contribution in [0.2, 0.25) is 0 Å². The zero-order valence-corrected chi connectivity index (χ0v) is 7.71. The Bertz CT molecular complexity index is 448. The lowest BCUT2D eigenvalue weighted by atomic mass is 10.2. The monoisotopic (exact) mass is 187 g/mol. The smallest absolute Gasteiger partial charge is 0.170 e. The summed E-state index contributed by atoms with van der Waals surface area (Å²) in [6.07, 6.45) is 4.16. The van der Waals surface area contributed by atoms with Crippen LogP contribution in [-0.4, -0.2) is 21.1 Å². The summed E-state index contributed by atoms with van der Waals surface area (Å²) in [5, 5.41) is 4.03. The molecule has 0 unspecified atom stereocenters. The Morgan fingerprint density at radius 2 is 2.07 bits per heavy atom. The molecular formula is C10H9N3O. The fraction of sp³-hybridized carbons (Fsp3) is 0.100. The normalized spacial score (nSPS) is 10.1. The Hall–Kier alpha value is -1.97. The topological polar surface area (TPSA) is 47.8 Å². The molecule has 0 spiro atoms. The number of hydrogen-bond acceptors (Lipinski definition) is 3. The van der Waals surface area contributed by atoms with E-state index in [0.717, 1.165) is 17.5 Å². The van der Waals surface area contributed by atoms with Crippen LogP contribution < -0.4 is 0 Å². The lowest BCUT2D eigenvalue weighted by molar-refractivity contribution is 0.111. The van der Waals surface area contributed by atoms with E-state index >= 15 is 0 Å². The van der Waals surface area contributed by atoms with E-state index in [-0.39, 0.29) is 0 Å². The lowest BCUT2D eigenvalue weighted by Gasteiger charge is -1.99. The van der Waals surface area contributed by atoms with E-state index in [4.69, 9.17) is 0 Å². The standard InChI is InChI=1S/C10H9N3O/c1-13-10(6-9(7-14)12-13)8-2-4-11-5-3-8/h2-7H,1H3. The SMILES string of the molecule is Cn1nc(C=O)cc1-c1ccncc1. The second-order valence-electron chi connectivity index (χ2n) is 2.93. The molecule has 4 heteroatoms. The molecule has 2 heterocycles. The summed E-state index contributed by atoms with van der Waals surface area (Å²) in [7, 11) is 1.81. The minimum Gasteiger partial charge on any atom is -0.296 e. The van der Waals surface area contributed by atoms with Crippen molar-refractivity contribution in [3.63, 3.8) is 0 Å². The number of hydrogen-bond donors (Lipinski definition) is 0. The summed E-state index contributed by atoms with van der Waals surface area (Å²) in [6.45, 7) is 0. The zero-order valence-electron chi connectivity index (χ0n) is 7.71. The number of aldehydes is 1. The van der Waals surface area contributed by atoms with E-state index in [2.05, 4.69) is 10.1 Å². The lowest BCUT2D eigenvalue weighted by Crippen LogP contribution is -1.94. The maximum Gasteiger partial charge on any atom is 0.170 e. The van der Waals surface area contributed by atoms with Gasteiger partial charge in [-0.1, -0.05) is 0 Å². The first kappa shape index (κ1) is 8.62. The molecule has 0 aliphatic rings. The first-order chi connectivity index (χ1) is 6.81. The number of aromatic nitrogens is 3. The third-order valence-corrected chi connectivity index (χ3v) is 2.00. The highest BCUT2D eigenvalue weighted by Gasteiger charge is 2.05. The van der Waals surface area contributed by atoms with Crippen LogP contribution in [0.3, 0.4) is 0 Å². The van der Waals surface area contributed by atoms with Gasteiger partial charge in [-0.15, -0.1) is 0 Å². The highest BCUT2D eigenvalue weighted by Crippen LogP contribution is 2.17. The fourth-order valence-corrected chi connectivity index (χ4v) is 1.34. The predicted molar refractivity (Wildman–Crippen MR) is 51.8 cm³/mol. The number of aryl methyl sites for hydroxylation is 1. The second-order valence-corrected chi connectivity index (χ2v) is 2.93. The molecule has 0 N–H and O–H groups in total. The molecule has 0 aliphatic carbocycles. The van der Waals surface area contributed by atoms with E-state index in [9.17, 15) is 4.79 Å². The van der Waals surface area contributed by atoms with Crippen LogP contribution >= 0.6 is 0 Å². The van der Waals surface area contributed by atoms with Crippen LogP contribution in [0, 0.1) is 0 Å². The second kappa shape index (κ2) is 3.41. The van der Waals surface area contributed by atoms with Crippen molar-refractivity contribution in [1.82, 2.24) is 14.8 Å². The Kier molecular flexibility index (Phi) is 2.10. The van der Waals surface area contributed by atoms with Gasteiger partial charge < -0.3 is 0 Å². The maximum absolute atomic E-state index is 10.5. The summed E-state index contributed by atoms with van der Waals surface area (Å²) < 4.78 is 1.68. The van der Waals surface area contributed by atoms with E-state index < -0.39 is 0 Å². The highest BCUT2D eigenvalue weighted by atomic mass is 16.1. The molecule has 0 fully saturated rings. The third kappa shape index (κ3) is 1.42. The summed E-state index contributed by atoms with van der Waals surface area (Å²) in [4.78, 5) is 14.4. The quantitative estimate of drug-likeness (QED) is 0.665. The number of carbonyl (C=O) groups excluding carboxylic acids is 1. The van der Waals surface area contributed by atoms with E-state index in [1.54, 1.807) is 23.1 Å². The van der Waals surface area contributed by atoms with Gasteiger partial charge in [-0.25, -0.2) is 0 Å². The molecule has 0 radical (unpaired) electrons. The van der Waals surface area contributed by atoms with Crippen LogP contribution in [-0.2, 0) is 7.05 Å². The molecule has 0 saturated heterocycles. The van der Waals surface area contributed by atoms with Crippen molar-refractivity contribution in [1.29, 1.82) is 0 Å². The molecule has 0 bridgehead atoms. The fourth-order valence-electron chi connectivity index (χ4n) is 1.34. The van der Waals surface area contributed by atoms with E-state index in [0.29, 0.717) is 5.69 Å². The third-order valence-electron chi connectivity index (χ3n) is 2.00. The molecule has 0 atom stereocenters. The first-order valence-electron chi connectivity index (χ1n) is 4.21. The molecule has 0 amide bonds. The van der Waals surface area contributed by atoms with Crippen LogP contribution in [0.4, 0.5) is 0 Å². The number of rotatable bonds is 2. The van der Waals surface area contributed by atoms with E-state index in [1.807, 2.05) is 19.2 Å². The van der Waals surface area contributed by atoms with Gasteiger partial charge in [0.15, 0.2) is 6.29 Å². The molecule has 70 valence electrons. The van der Waals surface area contributed by atoms with Crippen LogP contribution in [0.1, 0.15) is 10.5 Å². The predicted octanol–water partition coefficient (Wildman–Crippen LogP) is 1.29. The van der Waals surface area contributed by atoms with Gasteiger partial charge in [0.25, 0.3) is 0 Å². The number of nitrogens with zero attached hydrogens (tertiary/aromatic N) is 3. The van der Waals surface area contributed by atoms with Gasteiger partial charge >= 0.3 is 0 Å². The molecule has 2 rings (SSSR count). The average Bonchev–Trinajstić information content (AvgIpc) is 2.61. The van der Waals surface area contributed by atoms with Gasteiger partial charge in [-0.05, 0) is 18.2 Å². The van der Waals surface area contributed by atoms with Gasteiger partial charge in [-0.3, -0.25) is 14.5 Å². The molecule has 2 aromatic rings. The summed E-state index contributed by atoms with van der Waals surface area (Å²) in [6, 6.07) is 5.51. The van der Waals surface area contributed by atoms with Crippen molar-refractivity contribution in [2.45, 2.75) is 0 Å². The molecule has 0 aliphatic heterocycles. The van der Waals surface area contributed by atoms with Gasteiger partial charge in [0.1, 0.15) is 5.69 Å². The van der Waals surface area contributed by atoms with Crippen molar-refractivity contribution in [2.75, 3.05) is 0 Å². The van der Waals surface area contributed by atoms with Gasteiger partial charge in [-0.2, -0.15) is 5.10 Å². The Labute approximate surface area is 81.2 Å². The molecule has 0 saturated carbocycles. The van der Waals surface area contributed by atoms with Crippen LogP contribution in [0.15, 0.2) is 30.6 Å². The Balaban J connectivity index is 2.51. The maximum atomic E-state index is 10.5. The first-order valence-corrected chi connectivity index (χ1v) is 4.21. The highest BCUT2D eigenvalue weighted by molar-refractivity contribution is 5.75. The molecular weight excluding hydrogens is 178 g/mol. The Morgan fingerprint density at radius 1 is 1.36 bits per heavy atom. The van der Waals surface area contributed by atoms with E-state index in [1.165, 1.54) is 0 Å². The van der Waals surface area contributed by atoms with Crippen molar-refractivity contribution in [3.05, 3.63) is 36.3 Å². The van der Waals surface area contributed by atoms with Crippen molar-refractivity contribution >= 4 is 6.29 Å². The molecule has 14 heavy (non-hydrogen) atoms. The minimum atomic E-state index is 0.444. The largest absolute Gasteiger partial charge is 0.296 e. The minimum absolute atomic E-state index is 0.444. The Morgan fingerprint density at radius 3 is 2.64 bits per heavy atom. The summed E-state index contributed by atoms with van der Waals surface area (Å²) in [5.41, 5.74) is 2.36. The van der Waals surface area contributed by atoms with Gasteiger partial charge in [0, 0.05) is 25.0 Å². The number of carbonyl (C=O) groups is 1. The summed E-state index contributed by atoms with van der Waals surface area (Å²) in [5.74, 6) is 0. The van der Waals surface area contributed by atoms with Crippen molar-refractivity contribution < 1.29 is 4.79 Å². The van der Waals surface area contributed by atoms with Crippen molar-refractivity contribution in [2.24, 2.45) is 7.05 Å². The van der Waals surface area contributed by atoms with Gasteiger partial charge in [0.05, 0.1) is 5.69 Å². The van der Waals surface area contributed by atoms with Crippen LogP contribution in [0.25, 0.3) is 11.3 Å². The van der Waals surface area contributed by atoms with Crippen molar-refractivity contribution in [3.8, 4) is 11.3 Å². The zero-order chi connectivity index (χ0) is 9.97. The molecule has 2 aromatic heterocycles. The average molecular weight is 187 g/mol. The van der Waals surface area contributed by atoms with Gasteiger partial charge in [0.2, 0.25) is 0 Å². The summed E-state index contributed by atoms with van der Waals surface area (Å²) >= 11 is 0. The molecule has 0 aromatic carbocycles. The number of pyridine rings is 1. The molecule has 4 nitrogen and oxygen atoms in total. The van der Waals surface area contributed by atoms with Crippen LogP contribution in [0.5, 0.6) is 0 Å².